The van der Waals surface area contributed by atoms with Crippen LogP contribution >= 0.6 is 0 Å². The van der Waals surface area contributed by atoms with Crippen molar-refractivity contribution >= 4 is 5.91 Å². The Hall–Kier alpha value is -1.86. The Balaban J connectivity index is 1.50. The number of piperazine rings is 1. The number of nitrogens with zero attached hydrogens (tertiary/aromatic N) is 3. The summed E-state index contributed by atoms with van der Waals surface area (Å²) in [7, 11) is 0. The number of hydrogen-bond donors (Lipinski definition) is 1. The molecule has 24 heavy (non-hydrogen) atoms. The molecule has 7 heteroatoms. The van der Waals surface area contributed by atoms with Gasteiger partial charge in [0.05, 0.1) is 13.1 Å². The van der Waals surface area contributed by atoms with Crippen LogP contribution in [-0.2, 0) is 11.3 Å². The molecule has 1 aromatic rings. The molecule has 1 aromatic heterocycles. The molecule has 0 saturated carbocycles. The first-order valence-electron chi connectivity index (χ1n) is 8.58. The Bertz CT molecular complexity index is 644. The van der Waals surface area contributed by atoms with E-state index in [0.29, 0.717) is 24.6 Å². The molecule has 1 N–H and O–H groups in total. The van der Waals surface area contributed by atoms with E-state index in [1.54, 1.807) is 6.92 Å². The van der Waals surface area contributed by atoms with E-state index in [1.807, 2.05) is 4.90 Å². The first kappa shape index (κ1) is 17.0. The molecule has 2 aliphatic rings. The standard InChI is InChI=1S/C17H25N3O4/c1-13-10-14(21)17(23)15(24-13)11-18-6-8-19(9-7-18)12-16(22)20-4-2-3-5-20/h10,23H,2-9,11-12H2,1H3. The molecule has 2 aliphatic heterocycles. The van der Waals surface area contributed by atoms with E-state index in [0.717, 1.165) is 52.1 Å². The molecule has 2 saturated heterocycles. The lowest BCUT2D eigenvalue weighted by atomic mass is 10.2. The number of carbonyl (C=O) groups is 1. The fourth-order valence-corrected chi connectivity index (χ4v) is 3.34. The molecule has 0 unspecified atom stereocenters. The van der Waals surface area contributed by atoms with Gasteiger partial charge in [-0.3, -0.25) is 19.4 Å². The fourth-order valence-electron chi connectivity index (χ4n) is 3.34. The first-order chi connectivity index (χ1) is 11.5. The maximum absolute atomic E-state index is 12.2. The van der Waals surface area contributed by atoms with E-state index in [9.17, 15) is 14.7 Å². The van der Waals surface area contributed by atoms with Crippen molar-refractivity contribution in [1.82, 2.24) is 14.7 Å². The summed E-state index contributed by atoms with van der Waals surface area (Å²) in [6.45, 7) is 7.55. The second-order valence-electron chi connectivity index (χ2n) is 6.63. The first-order valence-corrected chi connectivity index (χ1v) is 8.58. The summed E-state index contributed by atoms with van der Waals surface area (Å²) in [4.78, 5) is 30.1. The van der Waals surface area contributed by atoms with Gasteiger partial charge >= 0.3 is 0 Å². The minimum Gasteiger partial charge on any atom is -0.502 e. The van der Waals surface area contributed by atoms with Gasteiger partial charge in [-0.15, -0.1) is 0 Å². The van der Waals surface area contributed by atoms with Gasteiger partial charge in [-0.25, -0.2) is 0 Å². The van der Waals surface area contributed by atoms with Crippen molar-refractivity contribution in [3.8, 4) is 5.75 Å². The molecule has 0 radical (unpaired) electrons. The minimum absolute atomic E-state index is 0.225. The Morgan fingerprint density at radius 3 is 2.42 bits per heavy atom. The second-order valence-corrected chi connectivity index (χ2v) is 6.63. The highest BCUT2D eigenvalue weighted by Crippen LogP contribution is 2.17. The van der Waals surface area contributed by atoms with Crippen LogP contribution in [0.3, 0.4) is 0 Å². The van der Waals surface area contributed by atoms with Crippen molar-refractivity contribution in [2.24, 2.45) is 0 Å². The van der Waals surface area contributed by atoms with Gasteiger partial charge in [0.15, 0.2) is 5.76 Å². The Morgan fingerprint density at radius 1 is 1.12 bits per heavy atom. The predicted octanol–water partition coefficient (Wildman–Crippen LogP) is 0.394. The quantitative estimate of drug-likeness (QED) is 0.858. The zero-order chi connectivity index (χ0) is 17.1. The molecular weight excluding hydrogens is 310 g/mol. The van der Waals surface area contributed by atoms with E-state index in [4.69, 9.17) is 4.42 Å². The van der Waals surface area contributed by atoms with Crippen LogP contribution in [0.4, 0.5) is 0 Å². The lowest BCUT2D eigenvalue weighted by molar-refractivity contribution is -0.131. The van der Waals surface area contributed by atoms with Crippen molar-refractivity contribution < 1.29 is 14.3 Å². The molecule has 7 nitrogen and oxygen atoms in total. The van der Waals surface area contributed by atoms with Gasteiger partial charge in [0.2, 0.25) is 17.1 Å². The number of aryl methyl sites for hydroxylation is 1. The molecular formula is C17H25N3O4. The van der Waals surface area contributed by atoms with Crippen LogP contribution in [0.5, 0.6) is 5.75 Å². The Labute approximate surface area is 141 Å². The Morgan fingerprint density at radius 2 is 1.75 bits per heavy atom. The van der Waals surface area contributed by atoms with Crippen LogP contribution in [0.15, 0.2) is 15.3 Å². The number of rotatable bonds is 4. The van der Waals surface area contributed by atoms with Gasteiger partial charge in [-0.05, 0) is 19.8 Å². The van der Waals surface area contributed by atoms with Crippen molar-refractivity contribution in [3.63, 3.8) is 0 Å². The molecule has 3 heterocycles. The topological polar surface area (TPSA) is 77.2 Å². The highest BCUT2D eigenvalue weighted by Gasteiger charge is 2.24. The summed E-state index contributed by atoms with van der Waals surface area (Å²) < 4.78 is 5.48. The summed E-state index contributed by atoms with van der Waals surface area (Å²) in [5.74, 6) is 0.750. The van der Waals surface area contributed by atoms with Gasteiger partial charge in [0.1, 0.15) is 5.76 Å². The third-order valence-electron chi connectivity index (χ3n) is 4.77. The third kappa shape index (κ3) is 3.96. The van der Waals surface area contributed by atoms with E-state index in [2.05, 4.69) is 9.80 Å². The highest BCUT2D eigenvalue weighted by atomic mass is 16.4. The molecule has 0 bridgehead atoms. The summed E-state index contributed by atoms with van der Waals surface area (Å²) in [6.07, 6.45) is 2.23. The maximum atomic E-state index is 12.2. The average molecular weight is 335 g/mol. The van der Waals surface area contributed by atoms with Crippen molar-refractivity contribution in [3.05, 3.63) is 27.8 Å². The average Bonchev–Trinajstić information content (AvgIpc) is 3.08. The zero-order valence-electron chi connectivity index (χ0n) is 14.2. The minimum atomic E-state index is -0.399. The maximum Gasteiger partial charge on any atom is 0.236 e. The normalized spacial score (nSPS) is 19.8. The van der Waals surface area contributed by atoms with E-state index in [1.165, 1.54) is 6.07 Å². The smallest absolute Gasteiger partial charge is 0.236 e. The van der Waals surface area contributed by atoms with Crippen LogP contribution in [0.25, 0.3) is 0 Å². The molecule has 0 spiro atoms. The molecule has 0 atom stereocenters. The number of likely N-dealkylation sites (tertiary alicyclic amines) is 1. The largest absolute Gasteiger partial charge is 0.502 e. The number of aromatic hydroxyl groups is 1. The Kier molecular flexibility index (Phi) is 5.20. The SMILES string of the molecule is Cc1cc(=O)c(O)c(CN2CCN(CC(=O)N3CCCC3)CC2)o1. The number of carbonyl (C=O) groups excluding carboxylic acids is 1. The molecule has 1 amide bonds. The van der Waals surface area contributed by atoms with Gasteiger partial charge in [-0.2, -0.15) is 0 Å². The zero-order valence-corrected chi connectivity index (χ0v) is 14.2. The molecule has 0 aromatic carbocycles. The van der Waals surface area contributed by atoms with Gasteiger partial charge in [0, 0.05) is 45.3 Å². The van der Waals surface area contributed by atoms with E-state index < -0.39 is 5.43 Å². The van der Waals surface area contributed by atoms with Crippen molar-refractivity contribution in [2.75, 3.05) is 45.8 Å². The third-order valence-corrected chi connectivity index (χ3v) is 4.77. The lowest BCUT2D eigenvalue weighted by Crippen LogP contribution is -2.49. The predicted molar refractivity (Wildman–Crippen MR) is 88.9 cm³/mol. The molecule has 3 rings (SSSR count). The van der Waals surface area contributed by atoms with Gasteiger partial charge < -0.3 is 14.4 Å². The summed E-state index contributed by atoms with van der Waals surface area (Å²) in [5, 5.41) is 9.85. The van der Waals surface area contributed by atoms with Crippen molar-refractivity contribution in [1.29, 1.82) is 0 Å². The number of hydrogen-bond acceptors (Lipinski definition) is 6. The highest BCUT2D eigenvalue weighted by molar-refractivity contribution is 5.78. The molecule has 132 valence electrons. The fraction of sp³-hybridized carbons (Fsp3) is 0.647. The monoisotopic (exact) mass is 335 g/mol. The van der Waals surface area contributed by atoms with Crippen LogP contribution in [0.1, 0.15) is 24.4 Å². The van der Waals surface area contributed by atoms with Crippen molar-refractivity contribution in [2.45, 2.75) is 26.3 Å². The van der Waals surface area contributed by atoms with E-state index >= 15 is 0 Å². The number of amides is 1. The molecule has 2 fully saturated rings. The molecule has 0 aliphatic carbocycles. The van der Waals surface area contributed by atoms with Crippen LogP contribution in [0, 0.1) is 6.92 Å². The summed E-state index contributed by atoms with van der Waals surface area (Å²) in [5.41, 5.74) is -0.399. The van der Waals surface area contributed by atoms with Gasteiger partial charge in [-0.1, -0.05) is 0 Å². The van der Waals surface area contributed by atoms with Crippen LogP contribution < -0.4 is 5.43 Å². The van der Waals surface area contributed by atoms with Gasteiger partial charge in [0.25, 0.3) is 0 Å². The summed E-state index contributed by atoms with van der Waals surface area (Å²) in [6, 6.07) is 1.29. The van der Waals surface area contributed by atoms with E-state index in [-0.39, 0.29) is 11.7 Å². The second kappa shape index (κ2) is 7.36. The van der Waals surface area contributed by atoms with Crippen LogP contribution in [0.2, 0.25) is 0 Å². The lowest BCUT2D eigenvalue weighted by Gasteiger charge is -2.34. The summed E-state index contributed by atoms with van der Waals surface area (Å²) >= 11 is 0. The van der Waals surface area contributed by atoms with Crippen LogP contribution in [-0.4, -0.2) is 71.5 Å².